The first-order valence-corrected chi connectivity index (χ1v) is 7.47. The van der Waals surface area contributed by atoms with Crippen LogP contribution in [0.5, 0.6) is 0 Å². The Morgan fingerprint density at radius 3 is 2.31 bits per heavy atom. The maximum absolute atomic E-state index is 12.8. The highest BCUT2D eigenvalue weighted by atomic mass is 19.4. The van der Waals surface area contributed by atoms with Gasteiger partial charge in [0.25, 0.3) is 5.69 Å². The van der Waals surface area contributed by atoms with Gasteiger partial charge in [-0.1, -0.05) is 24.3 Å². The van der Waals surface area contributed by atoms with Crippen molar-refractivity contribution in [2.45, 2.75) is 12.6 Å². The van der Waals surface area contributed by atoms with E-state index in [4.69, 9.17) is 0 Å². The Hall–Kier alpha value is -3.30. The summed E-state index contributed by atoms with van der Waals surface area (Å²) in [5.74, 6) is -0.576. The van der Waals surface area contributed by atoms with Gasteiger partial charge in [-0.15, -0.1) is 0 Å². The summed E-state index contributed by atoms with van der Waals surface area (Å²) in [4.78, 5) is 22.1. The number of carbonyl (C=O) groups excluding carboxylic acids is 1. The maximum Gasteiger partial charge on any atom is 0.418 e. The minimum atomic E-state index is -4.55. The van der Waals surface area contributed by atoms with Crippen molar-refractivity contribution in [1.82, 2.24) is 5.43 Å². The van der Waals surface area contributed by atoms with E-state index in [1.807, 2.05) is 0 Å². The number of nitro benzene ring substituents is 1. The number of hydrogen-bond acceptors (Lipinski definition) is 5. The quantitative estimate of drug-likeness (QED) is 0.513. The lowest BCUT2D eigenvalue weighted by Gasteiger charge is -2.15. The Morgan fingerprint density at radius 2 is 1.65 bits per heavy atom. The Bertz CT molecular complexity index is 796. The molecule has 1 amide bonds. The number of hydrogen-bond donors (Lipinski definition) is 3. The summed E-state index contributed by atoms with van der Waals surface area (Å²) in [6.07, 6.45) is -4.66. The van der Waals surface area contributed by atoms with Gasteiger partial charge in [0.15, 0.2) is 0 Å². The third kappa shape index (κ3) is 5.10. The molecule has 0 saturated heterocycles. The standard InChI is InChI=1S/C16H15F3N4O3/c17-16(18,19)11-5-1-2-6-12(11)21-22-15(24)9-10-20-13-7-3-4-8-14(13)23(25)26/h1-8,20-21H,9-10H2,(H,22,24). The van der Waals surface area contributed by atoms with E-state index in [0.717, 1.165) is 6.07 Å². The van der Waals surface area contributed by atoms with Gasteiger partial charge in [0.1, 0.15) is 5.69 Å². The van der Waals surface area contributed by atoms with Gasteiger partial charge in [0, 0.05) is 19.0 Å². The predicted molar refractivity (Wildman–Crippen MR) is 89.4 cm³/mol. The van der Waals surface area contributed by atoms with Crippen LogP contribution in [0, 0.1) is 10.1 Å². The van der Waals surface area contributed by atoms with E-state index >= 15 is 0 Å². The third-order valence-electron chi connectivity index (χ3n) is 3.34. The molecule has 0 aliphatic heterocycles. The number of carbonyl (C=O) groups is 1. The zero-order valence-corrected chi connectivity index (χ0v) is 13.3. The van der Waals surface area contributed by atoms with Crippen LogP contribution >= 0.6 is 0 Å². The second kappa shape index (κ2) is 8.19. The number of nitrogens with zero attached hydrogens (tertiary/aromatic N) is 1. The van der Waals surface area contributed by atoms with E-state index in [9.17, 15) is 28.1 Å². The second-order valence-electron chi connectivity index (χ2n) is 5.17. The van der Waals surface area contributed by atoms with Gasteiger partial charge in [-0.25, -0.2) is 0 Å². The lowest BCUT2D eigenvalue weighted by atomic mass is 10.2. The van der Waals surface area contributed by atoms with Gasteiger partial charge in [-0.2, -0.15) is 13.2 Å². The fraction of sp³-hybridized carbons (Fsp3) is 0.188. The Kier molecular flexibility index (Phi) is 5.99. The highest BCUT2D eigenvalue weighted by Gasteiger charge is 2.33. The van der Waals surface area contributed by atoms with E-state index in [-0.39, 0.29) is 30.0 Å². The van der Waals surface area contributed by atoms with Gasteiger partial charge in [-0.05, 0) is 18.2 Å². The van der Waals surface area contributed by atoms with Gasteiger partial charge in [0.05, 0.1) is 16.2 Å². The molecule has 7 nitrogen and oxygen atoms in total. The van der Waals surface area contributed by atoms with Gasteiger partial charge in [-0.3, -0.25) is 25.8 Å². The predicted octanol–water partition coefficient (Wildman–Crippen LogP) is 3.56. The number of hydrazine groups is 1. The van der Waals surface area contributed by atoms with Crippen molar-refractivity contribution >= 4 is 23.0 Å². The topological polar surface area (TPSA) is 96.3 Å². The molecule has 0 saturated carbocycles. The van der Waals surface area contributed by atoms with E-state index in [0.29, 0.717) is 0 Å². The molecule has 0 aliphatic rings. The van der Waals surface area contributed by atoms with Crippen LogP contribution < -0.4 is 16.2 Å². The molecule has 2 aromatic carbocycles. The first-order chi connectivity index (χ1) is 12.3. The Balaban J connectivity index is 1.87. The minimum Gasteiger partial charge on any atom is -0.379 e. The van der Waals surface area contributed by atoms with Crippen LogP contribution in [0.2, 0.25) is 0 Å². The molecule has 26 heavy (non-hydrogen) atoms. The number of anilines is 2. The van der Waals surface area contributed by atoms with Crippen LogP contribution in [-0.4, -0.2) is 17.4 Å². The summed E-state index contributed by atoms with van der Waals surface area (Å²) >= 11 is 0. The molecule has 3 N–H and O–H groups in total. The number of benzene rings is 2. The van der Waals surface area contributed by atoms with Gasteiger partial charge in [0.2, 0.25) is 5.91 Å². The fourth-order valence-corrected chi connectivity index (χ4v) is 2.13. The van der Waals surface area contributed by atoms with E-state index in [1.54, 1.807) is 6.07 Å². The van der Waals surface area contributed by atoms with Crippen molar-refractivity contribution in [1.29, 1.82) is 0 Å². The van der Waals surface area contributed by atoms with Crippen molar-refractivity contribution < 1.29 is 22.9 Å². The van der Waals surface area contributed by atoms with E-state index < -0.39 is 22.6 Å². The highest BCUT2D eigenvalue weighted by Crippen LogP contribution is 2.34. The number of alkyl halides is 3. The van der Waals surface area contributed by atoms with E-state index in [2.05, 4.69) is 16.2 Å². The van der Waals surface area contributed by atoms with E-state index in [1.165, 1.54) is 36.4 Å². The van der Waals surface area contributed by atoms with Crippen LogP contribution in [0.15, 0.2) is 48.5 Å². The summed E-state index contributed by atoms with van der Waals surface area (Å²) in [5, 5.41) is 13.6. The first-order valence-electron chi connectivity index (χ1n) is 7.47. The molecular formula is C16H15F3N4O3. The summed E-state index contributed by atoms with van der Waals surface area (Å²) in [5.41, 5.74) is 3.35. The SMILES string of the molecule is O=C(CCNc1ccccc1[N+](=O)[O-])NNc1ccccc1C(F)(F)F. The van der Waals surface area contributed by atoms with Gasteiger partial charge < -0.3 is 5.32 Å². The Labute approximate surface area is 146 Å². The lowest BCUT2D eigenvalue weighted by Crippen LogP contribution is -2.31. The lowest BCUT2D eigenvalue weighted by molar-refractivity contribution is -0.384. The monoisotopic (exact) mass is 368 g/mol. The molecule has 0 spiro atoms. The molecule has 0 aliphatic carbocycles. The van der Waals surface area contributed by atoms with Crippen molar-refractivity contribution in [3.63, 3.8) is 0 Å². The third-order valence-corrected chi connectivity index (χ3v) is 3.34. The van der Waals surface area contributed by atoms with Crippen LogP contribution in [0.1, 0.15) is 12.0 Å². The molecule has 0 heterocycles. The highest BCUT2D eigenvalue weighted by molar-refractivity contribution is 5.78. The molecule has 0 bridgehead atoms. The first kappa shape index (κ1) is 19.0. The number of nitrogens with one attached hydrogen (secondary N) is 3. The largest absolute Gasteiger partial charge is 0.418 e. The normalized spacial score (nSPS) is 10.9. The molecule has 0 radical (unpaired) electrons. The summed E-state index contributed by atoms with van der Waals surface area (Å²) in [7, 11) is 0. The smallest absolute Gasteiger partial charge is 0.379 e. The fourth-order valence-electron chi connectivity index (χ4n) is 2.13. The number of halogens is 3. The summed E-state index contributed by atoms with van der Waals surface area (Å²) in [6, 6.07) is 10.7. The van der Waals surface area contributed by atoms with Crippen LogP contribution in [-0.2, 0) is 11.0 Å². The van der Waals surface area contributed by atoms with Crippen molar-refractivity contribution in [2.24, 2.45) is 0 Å². The maximum atomic E-state index is 12.8. The Morgan fingerprint density at radius 1 is 1.04 bits per heavy atom. The molecule has 138 valence electrons. The second-order valence-corrected chi connectivity index (χ2v) is 5.17. The molecule has 2 aromatic rings. The molecule has 0 atom stereocenters. The van der Waals surface area contributed by atoms with Crippen molar-refractivity contribution in [3.05, 3.63) is 64.2 Å². The molecule has 0 fully saturated rings. The summed E-state index contributed by atoms with van der Waals surface area (Å²) in [6.45, 7) is 0.0687. The number of nitro groups is 1. The summed E-state index contributed by atoms with van der Waals surface area (Å²) < 4.78 is 38.5. The zero-order valence-electron chi connectivity index (χ0n) is 13.3. The van der Waals surface area contributed by atoms with Crippen molar-refractivity contribution in [2.75, 3.05) is 17.3 Å². The van der Waals surface area contributed by atoms with Crippen LogP contribution in [0.25, 0.3) is 0 Å². The number of amides is 1. The molecule has 2 rings (SSSR count). The van der Waals surface area contributed by atoms with Crippen LogP contribution in [0.3, 0.4) is 0 Å². The van der Waals surface area contributed by atoms with Crippen LogP contribution in [0.4, 0.5) is 30.2 Å². The zero-order chi connectivity index (χ0) is 19.2. The molecular weight excluding hydrogens is 353 g/mol. The van der Waals surface area contributed by atoms with Gasteiger partial charge >= 0.3 is 6.18 Å². The molecule has 0 unspecified atom stereocenters. The minimum absolute atomic E-state index is 0.0687. The number of rotatable bonds is 7. The van der Waals surface area contributed by atoms with Crippen molar-refractivity contribution in [3.8, 4) is 0 Å². The average molecular weight is 368 g/mol. The molecule has 0 aromatic heterocycles. The average Bonchev–Trinajstić information content (AvgIpc) is 2.59. The number of para-hydroxylation sites is 3. The molecule has 10 heteroatoms.